The summed E-state index contributed by atoms with van der Waals surface area (Å²) in [5.74, 6) is -0.144. The highest BCUT2D eigenvalue weighted by Crippen LogP contribution is 2.16. The second-order valence-electron chi connectivity index (χ2n) is 2.83. The minimum Gasteiger partial charge on any atom is -0.465 e. The molecule has 0 unspecified atom stereocenters. The molecule has 2 rings (SSSR count). The third-order valence-electron chi connectivity index (χ3n) is 1.89. The zero-order valence-electron chi connectivity index (χ0n) is 8.36. The van der Waals surface area contributed by atoms with E-state index in [1.165, 1.54) is 18.0 Å². The Morgan fingerprint density at radius 3 is 2.75 bits per heavy atom. The first kappa shape index (κ1) is 10.6. The monoisotopic (exact) mass is 236 g/mol. The molecule has 0 saturated carbocycles. The summed E-state index contributed by atoms with van der Waals surface area (Å²) in [7, 11) is 1.30. The number of methoxy groups -OCH3 is 1. The van der Waals surface area contributed by atoms with Crippen molar-refractivity contribution in [1.29, 1.82) is 0 Å². The molecule has 0 aliphatic heterocycles. The van der Waals surface area contributed by atoms with Gasteiger partial charge in [0.1, 0.15) is 10.6 Å². The van der Waals surface area contributed by atoms with Gasteiger partial charge in [0.2, 0.25) is 0 Å². The topological polar surface area (TPSA) is 69.9 Å². The Kier molecular flexibility index (Phi) is 2.86. The van der Waals surface area contributed by atoms with Crippen LogP contribution < -0.4 is 0 Å². The van der Waals surface area contributed by atoms with Gasteiger partial charge in [-0.2, -0.15) is 9.78 Å². The van der Waals surface area contributed by atoms with Crippen LogP contribution in [-0.2, 0) is 4.74 Å². The molecule has 2 aromatic heterocycles. The third kappa shape index (κ3) is 1.76. The van der Waals surface area contributed by atoms with Crippen LogP contribution in [0.5, 0.6) is 0 Å². The van der Waals surface area contributed by atoms with E-state index < -0.39 is 5.97 Å². The van der Waals surface area contributed by atoms with E-state index in [0.717, 1.165) is 0 Å². The number of thiol groups is 1. The molecule has 0 atom stereocenters. The summed E-state index contributed by atoms with van der Waals surface area (Å²) in [6, 6.07) is 1.69. The Hall–Kier alpha value is -1.89. The number of ether oxygens (including phenoxy) is 1. The predicted molar refractivity (Wildman–Crippen MR) is 57.7 cm³/mol. The minimum absolute atomic E-state index is 0.276. The van der Waals surface area contributed by atoms with Gasteiger partial charge in [0.25, 0.3) is 5.95 Å². The van der Waals surface area contributed by atoms with Gasteiger partial charge in [-0.15, -0.1) is 12.6 Å². The highest BCUT2D eigenvalue weighted by molar-refractivity contribution is 7.80. The molecule has 0 spiro atoms. The van der Waals surface area contributed by atoms with Crippen LogP contribution in [0.1, 0.15) is 10.4 Å². The van der Waals surface area contributed by atoms with Crippen molar-refractivity contribution in [3.8, 4) is 5.95 Å². The summed E-state index contributed by atoms with van der Waals surface area (Å²) in [5, 5.41) is 4.31. The summed E-state index contributed by atoms with van der Waals surface area (Å²) >= 11 is 4.19. The lowest BCUT2D eigenvalue weighted by atomic mass is 10.4. The number of carbonyl (C=O) groups excluding carboxylic acids is 1. The first-order chi connectivity index (χ1) is 7.74. The first-order valence-electron chi connectivity index (χ1n) is 4.36. The Balaban J connectivity index is 2.45. The maximum atomic E-state index is 11.3. The van der Waals surface area contributed by atoms with Gasteiger partial charge in [0, 0.05) is 12.4 Å². The average molecular weight is 236 g/mol. The van der Waals surface area contributed by atoms with Gasteiger partial charge in [0.15, 0.2) is 0 Å². The third-order valence-corrected chi connectivity index (χ3v) is 2.32. The van der Waals surface area contributed by atoms with Crippen molar-refractivity contribution in [3.63, 3.8) is 0 Å². The van der Waals surface area contributed by atoms with E-state index in [9.17, 15) is 4.79 Å². The summed E-state index contributed by atoms with van der Waals surface area (Å²) < 4.78 is 5.94. The quantitative estimate of drug-likeness (QED) is 0.615. The standard InChI is InChI=1S/C9H8N4O2S/c1-15-8(14)6-5-12-13(7(6)16)9-10-3-2-4-11-9/h2-5,16H,1H3. The molecule has 0 aliphatic carbocycles. The molecule has 7 heteroatoms. The summed E-state index contributed by atoms with van der Waals surface area (Å²) in [4.78, 5) is 19.3. The zero-order chi connectivity index (χ0) is 11.5. The Bertz CT molecular complexity index is 511. The van der Waals surface area contributed by atoms with E-state index in [-0.39, 0.29) is 5.56 Å². The fourth-order valence-electron chi connectivity index (χ4n) is 1.14. The molecule has 16 heavy (non-hydrogen) atoms. The van der Waals surface area contributed by atoms with E-state index in [1.54, 1.807) is 18.5 Å². The van der Waals surface area contributed by atoms with E-state index in [0.29, 0.717) is 11.0 Å². The normalized spacial score (nSPS) is 10.1. The number of hydrogen-bond donors (Lipinski definition) is 1. The molecule has 6 nitrogen and oxygen atoms in total. The molecule has 0 bridgehead atoms. The van der Waals surface area contributed by atoms with Gasteiger partial charge in [0.05, 0.1) is 13.3 Å². The van der Waals surface area contributed by atoms with E-state index in [4.69, 9.17) is 0 Å². The van der Waals surface area contributed by atoms with Gasteiger partial charge in [-0.1, -0.05) is 0 Å². The maximum Gasteiger partial charge on any atom is 0.342 e. The number of nitrogens with zero attached hydrogens (tertiary/aromatic N) is 4. The van der Waals surface area contributed by atoms with Crippen LogP contribution in [0, 0.1) is 0 Å². The molecule has 0 N–H and O–H groups in total. The van der Waals surface area contributed by atoms with Crippen molar-refractivity contribution in [2.45, 2.75) is 5.03 Å². The van der Waals surface area contributed by atoms with Crippen LogP contribution in [-0.4, -0.2) is 32.8 Å². The lowest BCUT2D eigenvalue weighted by Crippen LogP contribution is -2.05. The smallest absolute Gasteiger partial charge is 0.342 e. The van der Waals surface area contributed by atoms with Crippen LogP contribution in [0.25, 0.3) is 5.95 Å². The van der Waals surface area contributed by atoms with E-state index in [1.807, 2.05) is 0 Å². The van der Waals surface area contributed by atoms with Crippen LogP contribution in [0.4, 0.5) is 0 Å². The number of carbonyl (C=O) groups is 1. The van der Waals surface area contributed by atoms with Crippen molar-refractivity contribution < 1.29 is 9.53 Å². The molecule has 0 amide bonds. The Morgan fingerprint density at radius 2 is 2.12 bits per heavy atom. The molecule has 2 aromatic rings. The lowest BCUT2D eigenvalue weighted by Gasteiger charge is -2.01. The number of hydrogen-bond acceptors (Lipinski definition) is 6. The van der Waals surface area contributed by atoms with E-state index >= 15 is 0 Å². The molecule has 0 saturated heterocycles. The van der Waals surface area contributed by atoms with Crippen LogP contribution in [0.3, 0.4) is 0 Å². The second kappa shape index (κ2) is 4.31. The summed E-state index contributed by atoms with van der Waals surface area (Å²) in [6.45, 7) is 0. The Labute approximate surface area is 96.7 Å². The predicted octanol–water partition coefficient (Wildman–Crippen LogP) is 0.738. The molecule has 2 heterocycles. The number of esters is 1. The van der Waals surface area contributed by atoms with Gasteiger partial charge < -0.3 is 4.74 Å². The average Bonchev–Trinajstić information content (AvgIpc) is 2.71. The van der Waals surface area contributed by atoms with E-state index in [2.05, 4.69) is 32.4 Å². The van der Waals surface area contributed by atoms with Crippen LogP contribution in [0.2, 0.25) is 0 Å². The highest BCUT2D eigenvalue weighted by atomic mass is 32.1. The highest BCUT2D eigenvalue weighted by Gasteiger charge is 2.16. The van der Waals surface area contributed by atoms with Crippen molar-refractivity contribution in [1.82, 2.24) is 19.7 Å². The SMILES string of the molecule is COC(=O)c1cnn(-c2ncccn2)c1S. The van der Waals surface area contributed by atoms with Crippen molar-refractivity contribution in [2.24, 2.45) is 0 Å². The first-order valence-corrected chi connectivity index (χ1v) is 4.81. The second-order valence-corrected chi connectivity index (χ2v) is 3.26. The molecule has 82 valence electrons. The molecule has 0 fully saturated rings. The molecule has 0 aromatic carbocycles. The van der Waals surface area contributed by atoms with Crippen molar-refractivity contribution in [2.75, 3.05) is 7.11 Å². The fraction of sp³-hybridized carbons (Fsp3) is 0.111. The van der Waals surface area contributed by atoms with Gasteiger partial charge in [-0.3, -0.25) is 0 Å². The minimum atomic E-state index is -0.493. The lowest BCUT2D eigenvalue weighted by molar-refractivity contribution is 0.0596. The molecule has 0 aliphatic rings. The Morgan fingerprint density at radius 1 is 1.44 bits per heavy atom. The zero-order valence-corrected chi connectivity index (χ0v) is 9.26. The summed E-state index contributed by atoms with van der Waals surface area (Å²) in [5.41, 5.74) is 0.276. The fourth-order valence-corrected chi connectivity index (χ4v) is 1.43. The molecular weight excluding hydrogens is 228 g/mol. The van der Waals surface area contributed by atoms with Gasteiger partial charge >= 0.3 is 5.97 Å². The number of rotatable bonds is 2. The summed E-state index contributed by atoms with van der Waals surface area (Å²) in [6.07, 6.45) is 4.52. The van der Waals surface area contributed by atoms with Crippen molar-refractivity contribution >= 4 is 18.6 Å². The largest absolute Gasteiger partial charge is 0.465 e. The van der Waals surface area contributed by atoms with Gasteiger partial charge in [-0.05, 0) is 6.07 Å². The number of aromatic nitrogens is 4. The van der Waals surface area contributed by atoms with Crippen LogP contribution in [0.15, 0.2) is 29.7 Å². The molecular formula is C9H8N4O2S. The van der Waals surface area contributed by atoms with Crippen LogP contribution >= 0.6 is 12.6 Å². The maximum absolute atomic E-state index is 11.3. The van der Waals surface area contributed by atoms with Crippen molar-refractivity contribution in [3.05, 3.63) is 30.2 Å². The molecule has 0 radical (unpaired) electrons. The van der Waals surface area contributed by atoms with Gasteiger partial charge in [-0.25, -0.2) is 14.8 Å².